The van der Waals surface area contributed by atoms with Gasteiger partial charge in [0.25, 0.3) is 5.91 Å². The first-order valence-corrected chi connectivity index (χ1v) is 9.38. The summed E-state index contributed by atoms with van der Waals surface area (Å²) in [7, 11) is 0. The molecule has 25 heavy (non-hydrogen) atoms. The summed E-state index contributed by atoms with van der Waals surface area (Å²) in [4.78, 5) is 12.2. The summed E-state index contributed by atoms with van der Waals surface area (Å²) in [6.07, 6.45) is 7.95. The molecule has 132 valence electrons. The maximum atomic E-state index is 12.2. The van der Waals surface area contributed by atoms with Crippen LogP contribution < -0.4 is 10.1 Å². The molecule has 1 aliphatic carbocycles. The fourth-order valence-electron chi connectivity index (χ4n) is 3.26. The molecule has 0 saturated heterocycles. The number of anilines is 1. The van der Waals surface area contributed by atoms with E-state index in [1.54, 1.807) is 24.3 Å². The molecule has 0 aliphatic heterocycles. The lowest BCUT2D eigenvalue weighted by molar-refractivity contribution is 0.102. The molecule has 2 aromatic carbocycles. The number of ether oxygens (including phenoxy) is 1. The molecule has 1 fully saturated rings. The van der Waals surface area contributed by atoms with Crippen LogP contribution in [0.15, 0.2) is 48.5 Å². The lowest BCUT2D eigenvalue weighted by atomic mass is 9.87. The van der Waals surface area contributed by atoms with E-state index < -0.39 is 0 Å². The van der Waals surface area contributed by atoms with Crippen molar-refractivity contribution in [2.24, 2.45) is 5.92 Å². The molecule has 0 unspecified atom stereocenters. The third-order valence-electron chi connectivity index (χ3n) is 4.74. The quantitative estimate of drug-likeness (QED) is 0.694. The number of carbonyl (C=O) groups excluding carboxylic acids is 1. The Bertz CT molecular complexity index is 676. The zero-order valence-corrected chi connectivity index (χ0v) is 15.1. The monoisotopic (exact) mass is 357 g/mol. The summed E-state index contributed by atoms with van der Waals surface area (Å²) in [5.41, 5.74) is 1.33. The van der Waals surface area contributed by atoms with Gasteiger partial charge in [-0.2, -0.15) is 0 Å². The second-order valence-corrected chi connectivity index (χ2v) is 7.06. The average molecular weight is 358 g/mol. The van der Waals surface area contributed by atoms with Crippen molar-refractivity contribution in [1.29, 1.82) is 0 Å². The van der Waals surface area contributed by atoms with Crippen molar-refractivity contribution in [2.75, 3.05) is 11.9 Å². The number of carbonyl (C=O) groups is 1. The summed E-state index contributed by atoms with van der Waals surface area (Å²) < 4.78 is 5.84. The lowest BCUT2D eigenvalue weighted by Gasteiger charge is -2.21. The van der Waals surface area contributed by atoms with Gasteiger partial charge in [0, 0.05) is 16.3 Å². The van der Waals surface area contributed by atoms with Gasteiger partial charge in [0.05, 0.1) is 6.61 Å². The van der Waals surface area contributed by atoms with E-state index in [0.717, 1.165) is 30.4 Å². The third-order valence-corrected chi connectivity index (χ3v) is 4.99. The molecule has 0 atom stereocenters. The second-order valence-electron chi connectivity index (χ2n) is 6.63. The zero-order chi connectivity index (χ0) is 17.5. The molecule has 1 saturated carbocycles. The van der Waals surface area contributed by atoms with Gasteiger partial charge in [0.2, 0.25) is 0 Å². The van der Waals surface area contributed by atoms with Gasteiger partial charge in [-0.25, -0.2) is 0 Å². The van der Waals surface area contributed by atoms with E-state index in [0.29, 0.717) is 10.6 Å². The van der Waals surface area contributed by atoms with Crippen LogP contribution in [0, 0.1) is 5.92 Å². The molecular weight excluding hydrogens is 334 g/mol. The van der Waals surface area contributed by atoms with Crippen LogP contribution in [0.1, 0.15) is 48.9 Å². The summed E-state index contributed by atoms with van der Waals surface area (Å²) >= 11 is 5.84. The number of nitrogens with one attached hydrogen (secondary N) is 1. The van der Waals surface area contributed by atoms with Crippen molar-refractivity contribution in [2.45, 2.75) is 38.5 Å². The number of benzene rings is 2. The first-order chi connectivity index (χ1) is 12.2. The molecule has 1 amide bonds. The largest absolute Gasteiger partial charge is 0.494 e. The normalized spacial score (nSPS) is 14.9. The van der Waals surface area contributed by atoms with Crippen molar-refractivity contribution in [3.05, 3.63) is 59.1 Å². The average Bonchev–Trinajstić information content (AvgIpc) is 2.64. The number of hydrogen-bond donors (Lipinski definition) is 1. The van der Waals surface area contributed by atoms with Crippen LogP contribution in [0.4, 0.5) is 5.69 Å². The highest BCUT2D eigenvalue weighted by atomic mass is 35.5. The van der Waals surface area contributed by atoms with Gasteiger partial charge in [0.15, 0.2) is 0 Å². The van der Waals surface area contributed by atoms with Crippen molar-refractivity contribution >= 4 is 23.2 Å². The zero-order valence-electron chi connectivity index (χ0n) is 14.3. The SMILES string of the molecule is O=C(Nc1ccc(OCCC2CCCCC2)cc1)c1ccc(Cl)cc1. The van der Waals surface area contributed by atoms with Gasteiger partial charge in [-0.1, -0.05) is 43.7 Å². The summed E-state index contributed by atoms with van der Waals surface area (Å²) in [6, 6.07) is 14.4. The third kappa shape index (κ3) is 5.50. The van der Waals surface area contributed by atoms with Crippen LogP contribution in [-0.4, -0.2) is 12.5 Å². The van der Waals surface area contributed by atoms with Gasteiger partial charge in [-0.05, 0) is 60.9 Å². The molecule has 0 bridgehead atoms. The maximum Gasteiger partial charge on any atom is 0.255 e. The van der Waals surface area contributed by atoms with Crippen molar-refractivity contribution in [3.8, 4) is 5.75 Å². The van der Waals surface area contributed by atoms with E-state index >= 15 is 0 Å². The number of rotatable bonds is 6. The highest BCUT2D eigenvalue weighted by molar-refractivity contribution is 6.30. The molecule has 3 rings (SSSR count). The second kappa shape index (κ2) is 8.91. The van der Waals surface area contributed by atoms with Gasteiger partial charge >= 0.3 is 0 Å². The Hall–Kier alpha value is -2.00. The standard InChI is InChI=1S/C21H24ClNO2/c22-18-8-6-17(7-9-18)21(24)23-19-10-12-20(13-11-19)25-15-14-16-4-2-1-3-5-16/h6-13,16H,1-5,14-15H2,(H,23,24). The minimum absolute atomic E-state index is 0.150. The molecule has 1 N–H and O–H groups in total. The number of halogens is 1. The fourth-order valence-corrected chi connectivity index (χ4v) is 3.38. The van der Waals surface area contributed by atoms with Crippen LogP contribution in [0.2, 0.25) is 5.02 Å². The van der Waals surface area contributed by atoms with Gasteiger partial charge in [0.1, 0.15) is 5.75 Å². The van der Waals surface area contributed by atoms with E-state index in [-0.39, 0.29) is 5.91 Å². The highest BCUT2D eigenvalue weighted by Gasteiger charge is 2.13. The van der Waals surface area contributed by atoms with Crippen LogP contribution in [0.25, 0.3) is 0 Å². The first-order valence-electron chi connectivity index (χ1n) is 9.00. The van der Waals surface area contributed by atoms with Crippen molar-refractivity contribution in [1.82, 2.24) is 0 Å². The van der Waals surface area contributed by atoms with Crippen molar-refractivity contribution in [3.63, 3.8) is 0 Å². The minimum Gasteiger partial charge on any atom is -0.494 e. The predicted octanol–water partition coefficient (Wildman–Crippen LogP) is 5.94. The topological polar surface area (TPSA) is 38.3 Å². The van der Waals surface area contributed by atoms with E-state index in [1.165, 1.54) is 32.1 Å². The Balaban J connectivity index is 1.46. The Morgan fingerprint density at radius 3 is 2.36 bits per heavy atom. The Morgan fingerprint density at radius 1 is 1.00 bits per heavy atom. The predicted molar refractivity (Wildman–Crippen MR) is 103 cm³/mol. The summed E-state index contributed by atoms with van der Waals surface area (Å²) in [5.74, 6) is 1.52. The highest BCUT2D eigenvalue weighted by Crippen LogP contribution is 2.26. The van der Waals surface area contributed by atoms with E-state index in [1.807, 2.05) is 24.3 Å². The Morgan fingerprint density at radius 2 is 1.68 bits per heavy atom. The van der Waals surface area contributed by atoms with Crippen molar-refractivity contribution < 1.29 is 9.53 Å². The smallest absolute Gasteiger partial charge is 0.255 e. The first kappa shape index (κ1) is 17.8. The minimum atomic E-state index is -0.150. The number of hydrogen-bond acceptors (Lipinski definition) is 2. The van der Waals surface area contributed by atoms with Gasteiger partial charge < -0.3 is 10.1 Å². The Labute approximate surface area is 154 Å². The molecule has 4 heteroatoms. The van der Waals surface area contributed by atoms with E-state index in [9.17, 15) is 4.79 Å². The van der Waals surface area contributed by atoms with Gasteiger partial charge in [-0.3, -0.25) is 4.79 Å². The van der Waals surface area contributed by atoms with E-state index in [4.69, 9.17) is 16.3 Å². The summed E-state index contributed by atoms with van der Waals surface area (Å²) in [6.45, 7) is 0.765. The van der Waals surface area contributed by atoms with Crippen LogP contribution in [0.3, 0.4) is 0 Å². The lowest BCUT2D eigenvalue weighted by Crippen LogP contribution is -2.12. The molecule has 0 radical (unpaired) electrons. The molecular formula is C21H24ClNO2. The molecule has 2 aromatic rings. The van der Waals surface area contributed by atoms with Crippen LogP contribution in [-0.2, 0) is 0 Å². The molecule has 0 aromatic heterocycles. The summed E-state index contributed by atoms with van der Waals surface area (Å²) in [5, 5.41) is 3.49. The van der Waals surface area contributed by atoms with E-state index in [2.05, 4.69) is 5.32 Å². The Kier molecular flexibility index (Phi) is 6.35. The molecule has 0 heterocycles. The van der Waals surface area contributed by atoms with Crippen LogP contribution >= 0.6 is 11.6 Å². The molecule has 1 aliphatic rings. The van der Waals surface area contributed by atoms with Gasteiger partial charge in [-0.15, -0.1) is 0 Å². The fraction of sp³-hybridized carbons (Fsp3) is 0.381. The molecule has 3 nitrogen and oxygen atoms in total. The van der Waals surface area contributed by atoms with Crippen LogP contribution in [0.5, 0.6) is 5.75 Å². The maximum absolute atomic E-state index is 12.2. The number of amides is 1. The molecule has 0 spiro atoms.